The van der Waals surface area contributed by atoms with Gasteiger partial charge in [-0.1, -0.05) is 48.5 Å². The summed E-state index contributed by atoms with van der Waals surface area (Å²) in [5, 5.41) is 6.99. The fraction of sp³-hybridized carbons (Fsp3) is 0.300. The molecule has 2 aliphatic rings. The van der Waals surface area contributed by atoms with Gasteiger partial charge < -0.3 is 9.84 Å². The minimum Gasteiger partial charge on any atom is -0.480 e. The number of rotatable bonds is 3. The molecule has 2 aromatic carbocycles. The largest absolute Gasteiger partial charge is 0.480 e. The van der Waals surface area contributed by atoms with E-state index in [1.807, 2.05) is 48.5 Å². The maximum Gasteiger partial charge on any atom is 0.418 e. The van der Waals surface area contributed by atoms with E-state index in [-0.39, 0.29) is 18.3 Å². The van der Waals surface area contributed by atoms with Crippen LogP contribution in [0.5, 0.6) is 0 Å². The van der Waals surface area contributed by atoms with Crippen molar-refractivity contribution in [1.82, 2.24) is 4.90 Å². The first-order valence-electron chi connectivity index (χ1n) is 8.83. The van der Waals surface area contributed by atoms with Crippen LogP contribution < -0.4 is 0 Å². The zero-order valence-electron chi connectivity index (χ0n) is 14.9. The maximum absolute atomic E-state index is 13.3. The van der Waals surface area contributed by atoms with Crippen LogP contribution in [0.2, 0.25) is 0 Å². The first kappa shape index (κ1) is 19.6. The van der Waals surface area contributed by atoms with Crippen molar-refractivity contribution >= 4 is 23.8 Å². The van der Waals surface area contributed by atoms with E-state index in [4.69, 9.17) is 4.74 Å². The number of hydrogen-bond acceptors (Lipinski definition) is 4. The smallest absolute Gasteiger partial charge is 0.418 e. The summed E-state index contributed by atoms with van der Waals surface area (Å²) < 4.78 is 45.1. The fourth-order valence-corrected chi connectivity index (χ4v) is 5.09. The molecule has 0 aromatic heterocycles. The third-order valence-electron chi connectivity index (χ3n) is 5.11. The van der Waals surface area contributed by atoms with Crippen molar-refractivity contribution in [2.45, 2.75) is 23.5 Å². The number of ether oxygens (including phenoxy) is 1. The standard InChI is InChI=1S/C20H16F3NO4S/c21-20(22,23)18-24(16(10-29-18)17(25)26)19(27)28-9-15-13-7-3-1-5-11(13)12-6-2-4-8-14(12)15/h1-8,15-16,18H,9-10H2,(H,25,26)/t16-,18-/m0/s1. The van der Waals surface area contributed by atoms with Crippen molar-refractivity contribution in [2.24, 2.45) is 0 Å². The number of nitrogens with zero attached hydrogens (tertiary/aromatic N) is 1. The van der Waals surface area contributed by atoms with E-state index in [9.17, 15) is 27.9 Å². The van der Waals surface area contributed by atoms with Crippen LogP contribution in [0.25, 0.3) is 11.1 Å². The van der Waals surface area contributed by atoms with Crippen molar-refractivity contribution in [1.29, 1.82) is 0 Å². The highest BCUT2D eigenvalue weighted by atomic mass is 32.2. The zero-order chi connectivity index (χ0) is 20.8. The Kier molecular flexibility index (Phi) is 4.94. The van der Waals surface area contributed by atoms with E-state index < -0.39 is 29.7 Å². The third-order valence-corrected chi connectivity index (χ3v) is 6.43. The number of carboxylic acid groups (broad SMARTS) is 1. The number of benzene rings is 2. The molecule has 1 saturated heterocycles. The molecule has 1 fully saturated rings. The summed E-state index contributed by atoms with van der Waals surface area (Å²) in [6.45, 7) is -0.176. The lowest BCUT2D eigenvalue weighted by Crippen LogP contribution is -2.50. The summed E-state index contributed by atoms with van der Waals surface area (Å²) in [5.41, 5.74) is 3.80. The number of aliphatic carboxylic acids is 1. The van der Waals surface area contributed by atoms with E-state index in [2.05, 4.69) is 0 Å². The minimum absolute atomic E-state index is 0.176. The summed E-state index contributed by atoms with van der Waals surface area (Å²) >= 11 is 0.377. The van der Waals surface area contributed by atoms with Gasteiger partial charge in [0.2, 0.25) is 0 Å². The predicted octanol–water partition coefficient (Wildman–Crippen LogP) is 4.33. The van der Waals surface area contributed by atoms with Crippen LogP contribution in [0.1, 0.15) is 17.0 Å². The van der Waals surface area contributed by atoms with Gasteiger partial charge in [-0.3, -0.25) is 4.90 Å². The maximum atomic E-state index is 13.3. The van der Waals surface area contributed by atoms with Gasteiger partial charge in [0.15, 0.2) is 5.37 Å². The highest BCUT2D eigenvalue weighted by molar-refractivity contribution is 8.00. The number of hydrogen-bond donors (Lipinski definition) is 1. The summed E-state index contributed by atoms with van der Waals surface area (Å²) in [6.07, 6.45) is -6.02. The number of carboxylic acids is 1. The topological polar surface area (TPSA) is 66.8 Å². The lowest BCUT2D eigenvalue weighted by atomic mass is 9.98. The monoisotopic (exact) mass is 423 g/mol. The van der Waals surface area contributed by atoms with Gasteiger partial charge in [-0.15, -0.1) is 11.8 Å². The van der Waals surface area contributed by atoms with Gasteiger partial charge in [-0.05, 0) is 22.3 Å². The summed E-state index contributed by atoms with van der Waals surface area (Å²) in [6, 6.07) is 13.5. The van der Waals surface area contributed by atoms with Crippen LogP contribution in [0.3, 0.4) is 0 Å². The Morgan fingerprint density at radius 3 is 2.14 bits per heavy atom. The van der Waals surface area contributed by atoms with Crippen LogP contribution in [0.15, 0.2) is 48.5 Å². The molecule has 0 radical (unpaired) electrons. The number of halogens is 3. The van der Waals surface area contributed by atoms with Gasteiger partial charge in [0.25, 0.3) is 0 Å². The number of amides is 1. The number of alkyl halides is 3. The molecule has 152 valence electrons. The van der Waals surface area contributed by atoms with Gasteiger partial charge in [-0.2, -0.15) is 13.2 Å². The minimum atomic E-state index is -4.75. The van der Waals surface area contributed by atoms with Crippen LogP contribution >= 0.6 is 11.8 Å². The summed E-state index contributed by atoms with van der Waals surface area (Å²) in [4.78, 5) is 24.2. The van der Waals surface area contributed by atoms with Crippen LogP contribution in [-0.2, 0) is 9.53 Å². The zero-order valence-corrected chi connectivity index (χ0v) is 15.7. The van der Waals surface area contributed by atoms with Crippen molar-refractivity contribution in [3.8, 4) is 11.1 Å². The third kappa shape index (κ3) is 3.43. The molecule has 29 heavy (non-hydrogen) atoms. The van der Waals surface area contributed by atoms with Crippen molar-refractivity contribution in [2.75, 3.05) is 12.4 Å². The highest BCUT2D eigenvalue weighted by Gasteiger charge is 2.55. The number of thioether (sulfide) groups is 1. The molecule has 4 rings (SSSR count). The summed E-state index contributed by atoms with van der Waals surface area (Å²) in [7, 11) is 0. The Labute approximate surface area is 168 Å². The second-order valence-corrected chi connectivity index (χ2v) is 7.91. The fourth-order valence-electron chi connectivity index (χ4n) is 3.84. The molecule has 1 amide bonds. The Balaban J connectivity index is 1.57. The molecule has 1 aliphatic heterocycles. The Hall–Kier alpha value is -2.68. The lowest BCUT2D eigenvalue weighted by molar-refractivity contribution is -0.162. The van der Waals surface area contributed by atoms with Crippen molar-refractivity contribution in [3.05, 3.63) is 59.7 Å². The van der Waals surface area contributed by atoms with Gasteiger partial charge in [0, 0.05) is 11.7 Å². The predicted molar refractivity (Wildman–Crippen MR) is 101 cm³/mol. The first-order chi connectivity index (χ1) is 13.8. The Morgan fingerprint density at radius 1 is 1.07 bits per heavy atom. The van der Waals surface area contributed by atoms with E-state index >= 15 is 0 Å². The molecule has 2 aromatic rings. The molecule has 0 unspecified atom stereocenters. The van der Waals surface area contributed by atoms with Crippen molar-refractivity contribution < 1.29 is 32.6 Å². The van der Waals surface area contributed by atoms with E-state index in [1.54, 1.807) is 0 Å². The molecular weight excluding hydrogens is 407 g/mol. The average Bonchev–Trinajstić information content (AvgIpc) is 3.27. The second kappa shape index (κ2) is 7.29. The average molecular weight is 423 g/mol. The highest BCUT2D eigenvalue weighted by Crippen LogP contribution is 2.45. The quantitative estimate of drug-likeness (QED) is 0.796. The molecule has 2 atom stereocenters. The molecule has 0 spiro atoms. The first-order valence-corrected chi connectivity index (χ1v) is 9.88. The SMILES string of the molecule is O=C(O)[C@@H]1CS[C@@H](C(F)(F)F)N1C(=O)OCC1c2ccccc2-c2ccccc21. The second-order valence-electron chi connectivity index (χ2n) is 6.79. The van der Waals surface area contributed by atoms with Gasteiger partial charge in [-0.25, -0.2) is 9.59 Å². The lowest BCUT2D eigenvalue weighted by Gasteiger charge is -2.28. The summed E-state index contributed by atoms with van der Waals surface area (Å²) in [5.74, 6) is -2.16. The Bertz CT molecular complexity index is 919. The van der Waals surface area contributed by atoms with Crippen LogP contribution in [-0.4, -0.2) is 52.0 Å². The molecule has 1 aliphatic carbocycles. The van der Waals surface area contributed by atoms with E-state index in [0.717, 1.165) is 22.3 Å². The van der Waals surface area contributed by atoms with E-state index in [1.165, 1.54) is 0 Å². The van der Waals surface area contributed by atoms with Crippen LogP contribution in [0.4, 0.5) is 18.0 Å². The van der Waals surface area contributed by atoms with Gasteiger partial charge in [0.05, 0.1) is 0 Å². The van der Waals surface area contributed by atoms with Gasteiger partial charge in [0.1, 0.15) is 12.6 Å². The number of fused-ring (bicyclic) bond motifs is 3. The molecule has 1 heterocycles. The number of carbonyl (C=O) groups excluding carboxylic acids is 1. The van der Waals surface area contributed by atoms with E-state index in [0.29, 0.717) is 16.7 Å². The van der Waals surface area contributed by atoms with Gasteiger partial charge >= 0.3 is 18.2 Å². The normalized spacial score (nSPS) is 21.0. The Morgan fingerprint density at radius 2 is 1.62 bits per heavy atom. The van der Waals surface area contributed by atoms with Crippen LogP contribution in [0, 0.1) is 0 Å². The number of carbonyl (C=O) groups is 2. The molecule has 9 heteroatoms. The molecule has 0 saturated carbocycles. The molecule has 5 nitrogen and oxygen atoms in total. The van der Waals surface area contributed by atoms with Crippen molar-refractivity contribution in [3.63, 3.8) is 0 Å². The molecule has 1 N–H and O–H groups in total. The molecular formula is C20H16F3NO4S. The molecule has 0 bridgehead atoms.